The summed E-state index contributed by atoms with van der Waals surface area (Å²) in [4.78, 5) is 4.71. The molecule has 2 unspecified atom stereocenters. The molecule has 0 N–H and O–H groups in total. The predicted molar refractivity (Wildman–Crippen MR) is 79.1 cm³/mol. The van der Waals surface area contributed by atoms with Crippen molar-refractivity contribution in [1.82, 2.24) is 0 Å². The van der Waals surface area contributed by atoms with Gasteiger partial charge in [-0.05, 0) is 24.5 Å². The normalized spacial score (nSPS) is 29.2. The van der Waals surface area contributed by atoms with Crippen molar-refractivity contribution in [3.63, 3.8) is 0 Å². The molecule has 1 saturated carbocycles. The van der Waals surface area contributed by atoms with Crippen LogP contribution in [0.25, 0.3) is 6.08 Å². The van der Waals surface area contributed by atoms with Gasteiger partial charge in [0.15, 0.2) is 0 Å². The molecule has 1 heterocycles. The van der Waals surface area contributed by atoms with Crippen LogP contribution in [-0.4, -0.2) is 16.5 Å². The van der Waals surface area contributed by atoms with E-state index in [9.17, 15) is 0 Å². The lowest BCUT2D eigenvalue weighted by Gasteiger charge is -2.06. The number of benzene rings is 1. The molecule has 1 aliphatic carbocycles. The molecule has 1 aromatic rings. The van der Waals surface area contributed by atoms with Gasteiger partial charge in [-0.15, -0.1) is 23.2 Å². The van der Waals surface area contributed by atoms with E-state index >= 15 is 0 Å². The van der Waals surface area contributed by atoms with Crippen molar-refractivity contribution in [2.75, 3.05) is 0 Å². The van der Waals surface area contributed by atoms with Crippen LogP contribution in [0.15, 0.2) is 47.5 Å². The topological polar surface area (TPSA) is 12.4 Å². The standard InChI is InChI=1S/C15H13Cl2N/c16-14-12(15(14)17)9-11-7-3-1-5-10-6-2-4-8-13(10)18-11/h1-8,12,14-15H,9H2. The second kappa shape index (κ2) is 4.91. The van der Waals surface area contributed by atoms with Gasteiger partial charge in [-0.2, -0.15) is 0 Å². The Kier molecular flexibility index (Phi) is 3.27. The van der Waals surface area contributed by atoms with Crippen LogP contribution >= 0.6 is 23.2 Å². The summed E-state index contributed by atoms with van der Waals surface area (Å²) in [7, 11) is 0. The lowest BCUT2D eigenvalue weighted by Crippen LogP contribution is -1.98. The fraction of sp³-hybridized carbons (Fsp3) is 0.267. The molecule has 0 saturated heterocycles. The van der Waals surface area contributed by atoms with Crippen molar-refractivity contribution in [2.24, 2.45) is 10.9 Å². The average molecular weight is 278 g/mol. The number of fused-ring (bicyclic) bond motifs is 1. The number of aliphatic imine (C=N–C) groups is 1. The van der Waals surface area contributed by atoms with Gasteiger partial charge in [0, 0.05) is 11.3 Å². The van der Waals surface area contributed by atoms with Gasteiger partial charge in [-0.25, -0.2) is 0 Å². The van der Waals surface area contributed by atoms with Crippen molar-refractivity contribution in [3.05, 3.63) is 48.1 Å². The van der Waals surface area contributed by atoms with E-state index in [4.69, 9.17) is 28.2 Å². The lowest BCUT2D eigenvalue weighted by atomic mass is 10.1. The molecule has 1 fully saturated rings. The summed E-state index contributed by atoms with van der Waals surface area (Å²) in [5.74, 6) is 0.354. The maximum atomic E-state index is 6.07. The van der Waals surface area contributed by atoms with Crippen molar-refractivity contribution in [2.45, 2.75) is 17.2 Å². The minimum atomic E-state index is 0.0963. The minimum Gasteiger partial charge on any atom is -0.253 e. The largest absolute Gasteiger partial charge is 0.253 e. The Bertz CT molecular complexity index is 537. The molecular formula is C15H13Cl2N. The van der Waals surface area contributed by atoms with Crippen molar-refractivity contribution in [1.29, 1.82) is 0 Å². The molecular weight excluding hydrogens is 265 g/mol. The predicted octanol–water partition coefficient (Wildman–Crippen LogP) is 4.58. The van der Waals surface area contributed by atoms with E-state index in [2.05, 4.69) is 12.1 Å². The quantitative estimate of drug-likeness (QED) is 0.702. The summed E-state index contributed by atoms with van der Waals surface area (Å²) < 4.78 is 0. The highest BCUT2D eigenvalue weighted by Gasteiger charge is 2.47. The minimum absolute atomic E-state index is 0.0963. The maximum absolute atomic E-state index is 6.07. The first-order valence-electron chi connectivity index (χ1n) is 6.05. The SMILES string of the molecule is ClC1C(Cl)C1CC1=Nc2ccccc2C=CC=C1. The van der Waals surface area contributed by atoms with E-state index in [1.165, 1.54) is 0 Å². The second-order valence-corrected chi connectivity index (χ2v) is 5.64. The third-order valence-corrected chi connectivity index (χ3v) is 4.62. The number of rotatable bonds is 2. The van der Waals surface area contributed by atoms with Gasteiger partial charge in [-0.1, -0.05) is 36.4 Å². The number of nitrogens with zero attached hydrogens (tertiary/aromatic N) is 1. The molecule has 0 amide bonds. The molecule has 1 aliphatic heterocycles. The number of halogens is 2. The van der Waals surface area contributed by atoms with E-state index in [1.807, 2.05) is 36.4 Å². The van der Waals surface area contributed by atoms with E-state index in [-0.39, 0.29) is 10.8 Å². The van der Waals surface area contributed by atoms with E-state index in [0.29, 0.717) is 5.92 Å². The lowest BCUT2D eigenvalue weighted by molar-refractivity contribution is 0.901. The van der Waals surface area contributed by atoms with Crippen LogP contribution in [0.3, 0.4) is 0 Å². The summed E-state index contributed by atoms with van der Waals surface area (Å²) in [5.41, 5.74) is 3.19. The van der Waals surface area contributed by atoms with Crippen molar-refractivity contribution < 1.29 is 0 Å². The highest BCUT2D eigenvalue weighted by Crippen LogP contribution is 2.44. The highest BCUT2D eigenvalue weighted by molar-refractivity contribution is 6.35. The van der Waals surface area contributed by atoms with E-state index in [0.717, 1.165) is 23.4 Å². The monoisotopic (exact) mass is 277 g/mol. The molecule has 0 aromatic heterocycles. The van der Waals surface area contributed by atoms with E-state index in [1.54, 1.807) is 0 Å². The number of alkyl halides is 2. The molecule has 0 bridgehead atoms. The van der Waals surface area contributed by atoms with Crippen LogP contribution in [-0.2, 0) is 0 Å². The highest BCUT2D eigenvalue weighted by atomic mass is 35.5. The van der Waals surface area contributed by atoms with Crippen LogP contribution in [0.2, 0.25) is 0 Å². The van der Waals surface area contributed by atoms with Crippen LogP contribution in [0.5, 0.6) is 0 Å². The summed E-state index contributed by atoms with van der Waals surface area (Å²) in [5, 5.41) is 0.193. The summed E-state index contributed by atoms with van der Waals surface area (Å²) in [6.45, 7) is 0. The van der Waals surface area contributed by atoms with Gasteiger partial charge in [-0.3, -0.25) is 4.99 Å². The number of allylic oxidation sites excluding steroid dienone is 3. The zero-order chi connectivity index (χ0) is 12.5. The van der Waals surface area contributed by atoms with Gasteiger partial charge >= 0.3 is 0 Å². The van der Waals surface area contributed by atoms with Crippen LogP contribution in [0, 0.1) is 5.92 Å². The van der Waals surface area contributed by atoms with E-state index < -0.39 is 0 Å². The first-order valence-corrected chi connectivity index (χ1v) is 6.92. The molecule has 0 spiro atoms. The summed E-state index contributed by atoms with van der Waals surface area (Å²) >= 11 is 12.1. The van der Waals surface area contributed by atoms with Crippen molar-refractivity contribution in [3.8, 4) is 0 Å². The molecule has 1 aromatic carbocycles. The zero-order valence-corrected chi connectivity index (χ0v) is 11.3. The third kappa shape index (κ3) is 2.38. The van der Waals surface area contributed by atoms with Gasteiger partial charge < -0.3 is 0 Å². The molecule has 2 aliphatic rings. The molecule has 18 heavy (non-hydrogen) atoms. The average Bonchev–Trinajstić information content (AvgIpc) is 2.90. The van der Waals surface area contributed by atoms with Gasteiger partial charge in [0.2, 0.25) is 0 Å². The van der Waals surface area contributed by atoms with Crippen LogP contribution in [0.4, 0.5) is 5.69 Å². The maximum Gasteiger partial charge on any atom is 0.0705 e. The van der Waals surface area contributed by atoms with Gasteiger partial charge in [0.25, 0.3) is 0 Å². The Morgan fingerprint density at radius 1 is 1.00 bits per heavy atom. The zero-order valence-electron chi connectivity index (χ0n) is 9.76. The van der Waals surface area contributed by atoms with Crippen molar-refractivity contribution >= 4 is 40.7 Å². The van der Waals surface area contributed by atoms with Crippen LogP contribution in [0.1, 0.15) is 12.0 Å². The Morgan fingerprint density at radius 2 is 1.72 bits per heavy atom. The summed E-state index contributed by atoms with van der Waals surface area (Å²) in [6, 6.07) is 8.12. The number of hydrogen-bond donors (Lipinski definition) is 0. The number of hydrogen-bond acceptors (Lipinski definition) is 1. The molecule has 92 valence electrons. The van der Waals surface area contributed by atoms with Gasteiger partial charge in [0.05, 0.1) is 16.4 Å². The fourth-order valence-corrected chi connectivity index (χ4v) is 2.89. The first kappa shape index (κ1) is 12.0. The molecule has 3 rings (SSSR count). The Hall–Kier alpha value is -1.05. The number of para-hydroxylation sites is 1. The smallest absolute Gasteiger partial charge is 0.0705 e. The second-order valence-electron chi connectivity index (χ2n) is 4.64. The third-order valence-electron chi connectivity index (χ3n) is 3.30. The Balaban J connectivity index is 1.88. The fourth-order valence-electron chi connectivity index (χ4n) is 2.12. The molecule has 2 atom stereocenters. The van der Waals surface area contributed by atoms with Crippen LogP contribution < -0.4 is 0 Å². The van der Waals surface area contributed by atoms with Gasteiger partial charge in [0.1, 0.15) is 0 Å². The molecule has 3 heteroatoms. The first-order chi connectivity index (χ1) is 8.75. The summed E-state index contributed by atoms with van der Waals surface area (Å²) in [6.07, 6.45) is 9.01. The Morgan fingerprint density at radius 3 is 2.50 bits per heavy atom. The molecule has 0 radical (unpaired) electrons. The Labute approximate surface area is 117 Å². The molecule has 1 nitrogen and oxygen atoms in total.